The maximum atomic E-state index is 5.37. The van der Waals surface area contributed by atoms with Crippen LogP contribution >= 0.6 is 12.2 Å². The zero-order chi connectivity index (χ0) is 9.78. The summed E-state index contributed by atoms with van der Waals surface area (Å²) in [6, 6.07) is 0. The highest BCUT2D eigenvalue weighted by atomic mass is 32.1. The van der Waals surface area contributed by atoms with Crippen molar-refractivity contribution in [3.8, 4) is 0 Å². The maximum absolute atomic E-state index is 5.37. The number of nitrogens with one attached hydrogen (secondary N) is 1. The van der Waals surface area contributed by atoms with Crippen LogP contribution in [0.15, 0.2) is 12.5 Å². The lowest BCUT2D eigenvalue weighted by Gasteiger charge is -2.23. The number of nitrogens with two attached hydrogens (primary N) is 1. The third kappa shape index (κ3) is 7.34. The van der Waals surface area contributed by atoms with Crippen molar-refractivity contribution in [2.24, 2.45) is 5.73 Å². The predicted octanol–water partition coefficient (Wildman–Crippen LogP) is 1.15. The summed E-state index contributed by atoms with van der Waals surface area (Å²) in [4.78, 5) is 0.397. The molecule has 0 fully saturated rings. The normalized spacial score (nSPS) is 10.6. The van der Waals surface area contributed by atoms with Crippen LogP contribution in [0.4, 0.5) is 0 Å². The van der Waals surface area contributed by atoms with E-state index in [9.17, 15) is 0 Å². The molecule has 0 aliphatic heterocycles. The van der Waals surface area contributed by atoms with Crippen LogP contribution in [0.25, 0.3) is 0 Å². The van der Waals surface area contributed by atoms with Gasteiger partial charge in [0.1, 0.15) is 5.60 Å². The molecule has 0 aliphatic carbocycles. The van der Waals surface area contributed by atoms with Crippen LogP contribution in [0.5, 0.6) is 0 Å². The average Bonchev–Trinajstić information content (AvgIpc) is 1.79. The van der Waals surface area contributed by atoms with Crippen molar-refractivity contribution in [2.75, 3.05) is 6.54 Å². The fourth-order valence-corrected chi connectivity index (χ4v) is 0.664. The quantitative estimate of drug-likeness (QED) is 0.513. The third-order valence-corrected chi connectivity index (χ3v) is 1.03. The third-order valence-electron chi connectivity index (χ3n) is 0.889. The molecule has 0 rings (SSSR count). The van der Waals surface area contributed by atoms with Gasteiger partial charge < -0.3 is 15.8 Å². The molecule has 0 unspecified atom stereocenters. The van der Waals surface area contributed by atoms with Crippen molar-refractivity contribution in [1.29, 1.82) is 0 Å². The Kier molecular flexibility index (Phi) is 4.03. The molecule has 0 aliphatic rings. The second-order valence-electron chi connectivity index (χ2n) is 3.46. The standard InChI is InChI=1S/C8H16N2OS/c1-6(10-5-7(9)12)11-8(2,3)4/h10H,1,5H2,2-4H3,(H2,9,12). The van der Waals surface area contributed by atoms with Crippen molar-refractivity contribution in [3.63, 3.8) is 0 Å². The van der Waals surface area contributed by atoms with Crippen LogP contribution in [-0.2, 0) is 4.74 Å². The van der Waals surface area contributed by atoms with E-state index in [-0.39, 0.29) is 5.60 Å². The predicted molar refractivity (Wildman–Crippen MR) is 54.8 cm³/mol. The molecule has 0 atom stereocenters. The molecule has 3 N–H and O–H groups in total. The van der Waals surface area contributed by atoms with E-state index in [1.54, 1.807) is 0 Å². The molecule has 0 amide bonds. The Morgan fingerprint density at radius 2 is 2.08 bits per heavy atom. The minimum Gasteiger partial charge on any atom is -0.474 e. The first-order valence-electron chi connectivity index (χ1n) is 3.71. The van der Waals surface area contributed by atoms with Crippen LogP contribution in [0.2, 0.25) is 0 Å². The molecule has 0 aromatic rings. The van der Waals surface area contributed by atoms with E-state index in [0.717, 1.165) is 0 Å². The summed E-state index contributed by atoms with van der Waals surface area (Å²) in [6.07, 6.45) is 0. The Morgan fingerprint density at radius 3 is 2.42 bits per heavy atom. The number of hydrogen-bond acceptors (Lipinski definition) is 3. The van der Waals surface area contributed by atoms with E-state index in [1.165, 1.54) is 0 Å². The number of hydrogen-bond donors (Lipinski definition) is 2. The van der Waals surface area contributed by atoms with Crippen molar-refractivity contribution < 1.29 is 4.74 Å². The molecular formula is C8H16N2OS. The van der Waals surface area contributed by atoms with Gasteiger partial charge in [-0.15, -0.1) is 0 Å². The van der Waals surface area contributed by atoms with Crippen LogP contribution < -0.4 is 11.1 Å². The first-order chi connectivity index (χ1) is 5.31. The van der Waals surface area contributed by atoms with Gasteiger partial charge in [-0.3, -0.25) is 0 Å². The van der Waals surface area contributed by atoms with Gasteiger partial charge in [0.15, 0.2) is 5.88 Å². The monoisotopic (exact) mass is 188 g/mol. The second-order valence-corrected chi connectivity index (χ2v) is 3.98. The summed E-state index contributed by atoms with van der Waals surface area (Å²) in [5.41, 5.74) is 5.04. The average molecular weight is 188 g/mol. The van der Waals surface area contributed by atoms with Crippen molar-refractivity contribution in [2.45, 2.75) is 26.4 Å². The highest BCUT2D eigenvalue weighted by Gasteiger charge is 2.11. The van der Waals surface area contributed by atoms with Crippen LogP contribution in [0.3, 0.4) is 0 Å². The molecule has 0 heterocycles. The molecule has 0 aromatic carbocycles. The van der Waals surface area contributed by atoms with E-state index in [2.05, 4.69) is 24.1 Å². The van der Waals surface area contributed by atoms with E-state index in [4.69, 9.17) is 10.5 Å². The Bertz CT molecular complexity index is 184. The van der Waals surface area contributed by atoms with Crippen molar-refractivity contribution in [1.82, 2.24) is 5.32 Å². The molecule has 4 heteroatoms. The molecule has 12 heavy (non-hydrogen) atoms. The summed E-state index contributed by atoms with van der Waals surface area (Å²) in [5, 5.41) is 2.86. The molecule has 0 radical (unpaired) electrons. The highest BCUT2D eigenvalue weighted by molar-refractivity contribution is 7.80. The summed E-state index contributed by atoms with van der Waals surface area (Å²) in [5.74, 6) is 0.496. The fraction of sp³-hybridized carbons (Fsp3) is 0.625. The molecule has 0 spiro atoms. The second kappa shape index (κ2) is 4.30. The summed E-state index contributed by atoms with van der Waals surface area (Å²) < 4.78 is 5.37. The Labute approximate surface area is 79.0 Å². The molecule has 0 saturated carbocycles. The van der Waals surface area contributed by atoms with Gasteiger partial charge in [-0.1, -0.05) is 12.2 Å². The van der Waals surface area contributed by atoms with Gasteiger partial charge in [0.05, 0.1) is 11.5 Å². The van der Waals surface area contributed by atoms with Gasteiger partial charge in [-0.2, -0.15) is 0 Å². The lowest BCUT2D eigenvalue weighted by Crippen LogP contribution is -2.30. The SMILES string of the molecule is C=C(NCC(N)=S)OC(C)(C)C. The first kappa shape index (κ1) is 11.2. The van der Waals surface area contributed by atoms with Gasteiger partial charge in [0, 0.05) is 0 Å². The molecule has 3 nitrogen and oxygen atoms in total. The fourth-order valence-electron chi connectivity index (χ4n) is 0.591. The molecule has 0 aromatic heterocycles. The smallest absolute Gasteiger partial charge is 0.180 e. The van der Waals surface area contributed by atoms with Gasteiger partial charge in [0.25, 0.3) is 0 Å². The van der Waals surface area contributed by atoms with Gasteiger partial charge in [-0.05, 0) is 27.4 Å². The van der Waals surface area contributed by atoms with Crippen molar-refractivity contribution in [3.05, 3.63) is 12.5 Å². The van der Waals surface area contributed by atoms with Crippen LogP contribution in [0, 0.1) is 0 Å². The first-order valence-corrected chi connectivity index (χ1v) is 4.12. The molecule has 0 bridgehead atoms. The summed E-state index contributed by atoms with van der Waals surface area (Å²) >= 11 is 4.67. The van der Waals surface area contributed by atoms with E-state index >= 15 is 0 Å². The van der Waals surface area contributed by atoms with Crippen LogP contribution in [0.1, 0.15) is 20.8 Å². The number of thiocarbonyl (C=S) groups is 1. The van der Waals surface area contributed by atoms with Gasteiger partial charge in [-0.25, -0.2) is 0 Å². The van der Waals surface area contributed by atoms with Crippen molar-refractivity contribution >= 4 is 17.2 Å². The molecule has 0 saturated heterocycles. The van der Waals surface area contributed by atoms with E-state index < -0.39 is 0 Å². The summed E-state index contributed by atoms with van der Waals surface area (Å²) in [6.45, 7) is 9.92. The van der Waals surface area contributed by atoms with Gasteiger partial charge in [0.2, 0.25) is 0 Å². The minimum absolute atomic E-state index is 0.236. The molecule has 70 valence electrons. The lowest BCUT2D eigenvalue weighted by atomic mass is 10.2. The summed E-state index contributed by atoms with van der Waals surface area (Å²) in [7, 11) is 0. The van der Waals surface area contributed by atoms with E-state index in [1.807, 2.05) is 20.8 Å². The molecular weight excluding hydrogens is 172 g/mol. The van der Waals surface area contributed by atoms with E-state index in [0.29, 0.717) is 17.4 Å². The Morgan fingerprint density at radius 1 is 1.58 bits per heavy atom. The van der Waals surface area contributed by atoms with Crippen LogP contribution in [-0.4, -0.2) is 17.1 Å². The number of rotatable bonds is 4. The number of ether oxygens (including phenoxy) is 1. The maximum Gasteiger partial charge on any atom is 0.180 e. The zero-order valence-corrected chi connectivity index (χ0v) is 8.62. The lowest BCUT2D eigenvalue weighted by molar-refractivity contribution is 0.0428. The minimum atomic E-state index is -0.236. The highest BCUT2D eigenvalue weighted by Crippen LogP contribution is 2.09. The topological polar surface area (TPSA) is 47.3 Å². The Balaban J connectivity index is 3.68. The zero-order valence-electron chi connectivity index (χ0n) is 7.81. The largest absolute Gasteiger partial charge is 0.474 e. The van der Waals surface area contributed by atoms with Gasteiger partial charge >= 0.3 is 0 Å². The Hall–Kier alpha value is -0.770.